The minimum absolute atomic E-state index is 0.0894. The van der Waals surface area contributed by atoms with Crippen molar-refractivity contribution in [3.8, 4) is 0 Å². The Kier molecular flexibility index (Phi) is 7.92. The van der Waals surface area contributed by atoms with E-state index in [-0.39, 0.29) is 56.3 Å². The van der Waals surface area contributed by atoms with E-state index in [0.29, 0.717) is 32.3 Å². The summed E-state index contributed by atoms with van der Waals surface area (Å²) < 4.78 is 64.5. The summed E-state index contributed by atoms with van der Waals surface area (Å²) in [4.78, 5) is 11.5. The molecule has 0 saturated heterocycles. The monoisotopic (exact) mass is 397 g/mol. The van der Waals surface area contributed by atoms with Crippen LogP contribution in [0.15, 0.2) is 0 Å². The predicted molar refractivity (Wildman–Crippen MR) is 93.1 cm³/mol. The summed E-state index contributed by atoms with van der Waals surface area (Å²) in [6.07, 6.45) is 0.266. The van der Waals surface area contributed by atoms with Crippen LogP contribution in [0.3, 0.4) is 0 Å². The molecule has 1 amide bonds. The molecule has 0 radical (unpaired) electrons. The number of nitrogens with one attached hydrogen (secondary N) is 1. The maximum Gasteiger partial charge on any atom is 0.248 e. The van der Waals surface area contributed by atoms with E-state index in [1.807, 2.05) is 0 Å². The Balaban J connectivity index is 1.76. The molecule has 2 atom stereocenters. The zero-order valence-corrected chi connectivity index (χ0v) is 16.1. The molecule has 0 aromatic heterocycles. The normalized spacial score (nSPS) is 25.7. The number of hydrogen-bond acceptors (Lipinski definition) is 3. The lowest BCUT2D eigenvalue weighted by Gasteiger charge is -2.32. The van der Waals surface area contributed by atoms with Gasteiger partial charge in [0.25, 0.3) is 0 Å². The van der Waals surface area contributed by atoms with Crippen molar-refractivity contribution in [3.63, 3.8) is 0 Å². The van der Waals surface area contributed by atoms with Crippen LogP contribution in [0.5, 0.6) is 0 Å². The number of halogens is 4. The molecular formula is C19H31F4NO3. The third-order valence-electron chi connectivity index (χ3n) is 5.56. The molecule has 0 aliphatic heterocycles. The van der Waals surface area contributed by atoms with E-state index in [0.717, 1.165) is 0 Å². The minimum atomic E-state index is -2.61. The number of ether oxygens (including phenoxy) is 2. The standard InChI is InChI=1S/C19H31F4NO3/c1-13(26-11-15-3-7-18(20,21)8-4-15)17(24-14(2)25)12-27-16-5-9-19(22,23)10-6-16/h13,15-17H,3-12H2,1-2H3,(H,24,25). The fourth-order valence-corrected chi connectivity index (χ4v) is 3.65. The highest BCUT2D eigenvalue weighted by Gasteiger charge is 2.37. The molecule has 2 rings (SSSR count). The third kappa shape index (κ3) is 7.94. The third-order valence-corrected chi connectivity index (χ3v) is 5.56. The molecule has 2 aliphatic carbocycles. The van der Waals surface area contributed by atoms with Crippen molar-refractivity contribution in [2.24, 2.45) is 5.92 Å². The summed E-state index contributed by atoms with van der Waals surface area (Å²) in [5, 5.41) is 2.78. The number of hydrogen-bond donors (Lipinski definition) is 1. The zero-order valence-electron chi connectivity index (χ0n) is 16.1. The van der Waals surface area contributed by atoms with Crippen LogP contribution >= 0.6 is 0 Å². The lowest BCUT2D eigenvalue weighted by atomic mass is 9.87. The summed E-state index contributed by atoms with van der Waals surface area (Å²) in [6.45, 7) is 3.74. The topological polar surface area (TPSA) is 47.6 Å². The van der Waals surface area contributed by atoms with Crippen molar-refractivity contribution in [3.05, 3.63) is 0 Å². The van der Waals surface area contributed by atoms with Gasteiger partial charge in [0, 0.05) is 39.2 Å². The van der Waals surface area contributed by atoms with Gasteiger partial charge in [-0.25, -0.2) is 17.6 Å². The number of carbonyl (C=O) groups is 1. The first kappa shape index (κ1) is 22.4. The number of carbonyl (C=O) groups excluding carboxylic acids is 1. The molecule has 2 saturated carbocycles. The fraction of sp³-hybridized carbons (Fsp3) is 0.947. The zero-order chi connectivity index (χ0) is 20.1. The van der Waals surface area contributed by atoms with E-state index >= 15 is 0 Å². The second kappa shape index (κ2) is 9.54. The van der Waals surface area contributed by atoms with Crippen LogP contribution in [-0.4, -0.2) is 49.2 Å². The van der Waals surface area contributed by atoms with E-state index in [9.17, 15) is 22.4 Å². The van der Waals surface area contributed by atoms with Crippen LogP contribution in [0.1, 0.15) is 65.2 Å². The molecule has 27 heavy (non-hydrogen) atoms. The SMILES string of the molecule is CC(=O)NC(COC1CCC(F)(F)CC1)C(C)OCC1CCC(F)(F)CC1. The molecule has 2 aliphatic rings. The van der Waals surface area contributed by atoms with Gasteiger partial charge in [-0.2, -0.15) is 0 Å². The smallest absolute Gasteiger partial charge is 0.248 e. The fourth-order valence-electron chi connectivity index (χ4n) is 3.65. The van der Waals surface area contributed by atoms with Gasteiger partial charge in [-0.3, -0.25) is 4.79 Å². The Morgan fingerprint density at radius 2 is 1.56 bits per heavy atom. The first-order valence-electron chi connectivity index (χ1n) is 9.82. The number of amides is 1. The minimum Gasteiger partial charge on any atom is -0.376 e. The molecule has 0 spiro atoms. The molecular weight excluding hydrogens is 366 g/mol. The molecule has 0 bridgehead atoms. The van der Waals surface area contributed by atoms with Gasteiger partial charge in [-0.05, 0) is 38.5 Å². The Labute approximate surface area is 158 Å². The maximum atomic E-state index is 13.2. The van der Waals surface area contributed by atoms with Gasteiger partial charge in [-0.15, -0.1) is 0 Å². The van der Waals surface area contributed by atoms with Crippen LogP contribution in [0.25, 0.3) is 0 Å². The average Bonchev–Trinajstić information content (AvgIpc) is 2.58. The van der Waals surface area contributed by atoms with Crippen molar-refractivity contribution in [1.29, 1.82) is 0 Å². The Hall–Kier alpha value is -0.890. The highest BCUT2D eigenvalue weighted by molar-refractivity contribution is 5.73. The molecule has 8 heteroatoms. The highest BCUT2D eigenvalue weighted by Crippen LogP contribution is 2.36. The molecule has 1 N–H and O–H groups in total. The molecule has 0 heterocycles. The number of rotatable bonds is 8. The second-order valence-corrected chi connectivity index (χ2v) is 8.03. The van der Waals surface area contributed by atoms with Crippen LogP contribution in [0.2, 0.25) is 0 Å². The van der Waals surface area contributed by atoms with Crippen molar-refractivity contribution >= 4 is 5.91 Å². The summed E-state index contributed by atoms with van der Waals surface area (Å²) in [7, 11) is 0. The summed E-state index contributed by atoms with van der Waals surface area (Å²) >= 11 is 0. The molecule has 2 fully saturated rings. The molecule has 0 aromatic rings. The molecule has 4 nitrogen and oxygen atoms in total. The van der Waals surface area contributed by atoms with E-state index in [1.54, 1.807) is 6.92 Å². The van der Waals surface area contributed by atoms with E-state index in [1.165, 1.54) is 6.92 Å². The largest absolute Gasteiger partial charge is 0.376 e. The summed E-state index contributed by atoms with van der Waals surface area (Å²) in [5.41, 5.74) is 0. The summed E-state index contributed by atoms with van der Waals surface area (Å²) in [6, 6.07) is -0.407. The lowest BCUT2D eigenvalue weighted by Crippen LogP contribution is -2.47. The quantitative estimate of drug-likeness (QED) is 0.621. The predicted octanol–water partition coefficient (Wildman–Crippen LogP) is 4.32. The highest BCUT2D eigenvalue weighted by atomic mass is 19.3. The maximum absolute atomic E-state index is 13.2. The van der Waals surface area contributed by atoms with Crippen molar-refractivity contribution in [1.82, 2.24) is 5.32 Å². The second-order valence-electron chi connectivity index (χ2n) is 8.03. The van der Waals surface area contributed by atoms with E-state index < -0.39 is 17.9 Å². The first-order valence-corrected chi connectivity index (χ1v) is 9.82. The van der Waals surface area contributed by atoms with Gasteiger partial charge >= 0.3 is 0 Å². The van der Waals surface area contributed by atoms with Crippen LogP contribution < -0.4 is 5.32 Å². The van der Waals surface area contributed by atoms with Gasteiger partial charge in [0.15, 0.2) is 0 Å². The van der Waals surface area contributed by atoms with Crippen LogP contribution in [-0.2, 0) is 14.3 Å². The molecule has 0 aromatic carbocycles. The van der Waals surface area contributed by atoms with Crippen molar-refractivity contribution in [2.45, 2.75) is 95.3 Å². The van der Waals surface area contributed by atoms with Crippen molar-refractivity contribution in [2.75, 3.05) is 13.2 Å². The summed E-state index contributed by atoms with van der Waals surface area (Å²) in [5.74, 6) is -5.31. The van der Waals surface area contributed by atoms with Crippen LogP contribution in [0.4, 0.5) is 17.6 Å². The molecule has 2 unspecified atom stereocenters. The van der Waals surface area contributed by atoms with Gasteiger partial charge in [0.1, 0.15) is 0 Å². The van der Waals surface area contributed by atoms with Gasteiger partial charge < -0.3 is 14.8 Å². The number of alkyl halides is 4. The lowest BCUT2D eigenvalue weighted by molar-refractivity contribution is -0.123. The van der Waals surface area contributed by atoms with Crippen molar-refractivity contribution < 1.29 is 31.8 Å². The molecule has 158 valence electrons. The van der Waals surface area contributed by atoms with E-state index in [4.69, 9.17) is 9.47 Å². The Bertz CT molecular complexity index is 470. The van der Waals surface area contributed by atoms with Gasteiger partial charge in [-0.1, -0.05) is 0 Å². The van der Waals surface area contributed by atoms with Gasteiger partial charge in [0.05, 0.1) is 24.9 Å². The van der Waals surface area contributed by atoms with Gasteiger partial charge in [0.2, 0.25) is 17.8 Å². The Morgan fingerprint density at radius 1 is 1.04 bits per heavy atom. The Morgan fingerprint density at radius 3 is 2.07 bits per heavy atom. The average molecular weight is 397 g/mol. The van der Waals surface area contributed by atoms with E-state index in [2.05, 4.69) is 5.32 Å². The first-order chi connectivity index (χ1) is 12.6. The van der Waals surface area contributed by atoms with Crippen LogP contribution in [0, 0.1) is 5.92 Å².